The number of urea groups is 1. The number of aromatic nitrogens is 2. The average molecular weight is 414 g/mol. The Hall–Kier alpha value is -3.65. The predicted molar refractivity (Wildman–Crippen MR) is 110 cm³/mol. The number of amides is 2. The lowest BCUT2D eigenvalue weighted by molar-refractivity contribution is 0.262. The standard InChI is InChI=1S/C20H14ClF2N5O/c21-13-9-11(5-6-14(13)22)25-20(29)26-16-7-4-10(8-15(16)23)12-2-1-3-17-18(12)19(24)28-27-17/h1-9H,(H3,24,27,28)(H2,25,26,29). The molecule has 4 aromatic rings. The molecule has 0 aliphatic rings. The molecule has 1 aromatic heterocycles. The third-order valence-corrected chi connectivity index (χ3v) is 4.61. The topological polar surface area (TPSA) is 95.8 Å². The number of aromatic amines is 1. The first-order valence-corrected chi connectivity index (χ1v) is 8.86. The molecule has 0 saturated carbocycles. The van der Waals surface area contributed by atoms with E-state index in [2.05, 4.69) is 20.8 Å². The molecular formula is C20H14ClF2N5O. The number of H-pyrrole nitrogens is 1. The number of benzene rings is 3. The second-order valence-corrected chi connectivity index (χ2v) is 6.65. The fraction of sp³-hybridized carbons (Fsp3) is 0. The summed E-state index contributed by atoms with van der Waals surface area (Å²) in [5.74, 6) is -0.919. The van der Waals surface area contributed by atoms with Crippen LogP contribution in [-0.2, 0) is 0 Å². The van der Waals surface area contributed by atoms with Gasteiger partial charge in [-0.1, -0.05) is 29.8 Å². The zero-order valence-electron chi connectivity index (χ0n) is 14.8. The average Bonchev–Trinajstić information content (AvgIpc) is 3.08. The predicted octanol–water partition coefficient (Wildman–Crippen LogP) is 5.39. The summed E-state index contributed by atoms with van der Waals surface area (Å²) >= 11 is 5.68. The molecule has 1 heterocycles. The number of fused-ring (bicyclic) bond motifs is 1. The molecule has 2 amide bonds. The summed E-state index contributed by atoms with van der Waals surface area (Å²) in [5.41, 5.74) is 8.19. The molecule has 5 N–H and O–H groups in total. The van der Waals surface area contributed by atoms with E-state index >= 15 is 0 Å². The van der Waals surface area contributed by atoms with Gasteiger partial charge in [-0.25, -0.2) is 13.6 Å². The van der Waals surface area contributed by atoms with Crippen LogP contribution >= 0.6 is 11.6 Å². The number of nitrogens with two attached hydrogens (primary N) is 1. The number of halogens is 3. The molecule has 4 rings (SSSR count). The van der Waals surface area contributed by atoms with Gasteiger partial charge in [-0.15, -0.1) is 0 Å². The first-order chi connectivity index (χ1) is 13.9. The van der Waals surface area contributed by atoms with Crippen LogP contribution in [0.4, 0.5) is 30.8 Å². The van der Waals surface area contributed by atoms with Gasteiger partial charge < -0.3 is 16.4 Å². The lowest BCUT2D eigenvalue weighted by Crippen LogP contribution is -2.20. The van der Waals surface area contributed by atoms with Gasteiger partial charge in [-0.05, 0) is 47.5 Å². The van der Waals surface area contributed by atoms with E-state index in [1.807, 2.05) is 6.07 Å². The van der Waals surface area contributed by atoms with Gasteiger partial charge in [0, 0.05) is 5.69 Å². The molecular weight excluding hydrogens is 400 g/mol. The molecule has 9 heteroatoms. The third kappa shape index (κ3) is 3.70. The van der Waals surface area contributed by atoms with Crippen LogP contribution in [0.3, 0.4) is 0 Å². The second kappa shape index (κ2) is 7.40. The van der Waals surface area contributed by atoms with Crippen LogP contribution in [0, 0.1) is 11.6 Å². The molecule has 0 fully saturated rings. The van der Waals surface area contributed by atoms with E-state index in [1.54, 1.807) is 18.2 Å². The van der Waals surface area contributed by atoms with Crippen molar-refractivity contribution in [1.82, 2.24) is 10.2 Å². The van der Waals surface area contributed by atoms with Crippen molar-refractivity contribution in [2.75, 3.05) is 16.4 Å². The smallest absolute Gasteiger partial charge is 0.323 e. The maximum absolute atomic E-state index is 14.6. The fourth-order valence-corrected chi connectivity index (χ4v) is 3.16. The van der Waals surface area contributed by atoms with E-state index in [-0.39, 0.29) is 16.4 Å². The number of nitrogens with one attached hydrogen (secondary N) is 3. The second-order valence-electron chi connectivity index (χ2n) is 6.24. The van der Waals surface area contributed by atoms with Crippen LogP contribution < -0.4 is 16.4 Å². The van der Waals surface area contributed by atoms with E-state index in [0.29, 0.717) is 22.3 Å². The highest BCUT2D eigenvalue weighted by Crippen LogP contribution is 2.32. The Labute approximate surface area is 168 Å². The van der Waals surface area contributed by atoms with Crippen molar-refractivity contribution in [1.29, 1.82) is 0 Å². The van der Waals surface area contributed by atoms with E-state index in [1.165, 1.54) is 24.3 Å². The zero-order valence-corrected chi connectivity index (χ0v) is 15.5. The molecule has 0 bridgehead atoms. The largest absolute Gasteiger partial charge is 0.382 e. The zero-order chi connectivity index (χ0) is 20.5. The van der Waals surface area contributed by atoms with Crippen LogP contribution in [0.2, 0.25) is 5.02 Å². The van der Waals surface area contributed by atoms with Gasteiger partial charge in [-0.2, -0.15) is 5.10 Å². The SMILES string of the molecule is Nc1n[nH]c2cccc(-c3ccc(NC(=O)Nc4ccc(F)c(Cl)c4)c(F)c3)c12. The van der Waals surface area contributed by atoms with Gasteiger partial charge in [0.1, 0.15) is 11.6 Å². The van der Waals surface area contributed by atoms with Gasteiger partial charge in [0.2, 0.25) is 0 Å². The summed E-state index contributed by atoms with van der Waals surface area (Å²) < 4.78 is 27.8. The number of carbonyl (C=O) groups excluding carboxylic acids is 1. The van der Waals surface area contributed by atoms with Crippen LogP contribution in [0.25, 0.3) is 22.0 Å². The van der Waals surface area contributed by atoms with Gasteiger partial charge in [0.05, 0.1) is 21.6 Å². The molecule has 29 heavy (non-hydrogen) atoms. The Kier molecular flexibility index (Phi) is 4.77. The monoisotopic (exact) mass is 413 g/mol. The van der Waals surface area contributed by atoms with Crippen molar-refractivity contribution in [2.24, 2.45) is 0 Å². The molecule has 0 atom stereocenters. The van der Waals surface area contributed by atoms with Crippen molar-refractivity contribution < 1.29 is 13.6 Å². The molecule has 146 valence electrons. The maximum Gasteiger partial charge on any atom is 0.323 e. The lowest BCUT2D eigenvalue weighted by atomic mass is 10.0. The summed E-state index contributed by atoms with van der Waals surface area (Å²) in [4.78, 5) is 12.1. The molecule has 0 aliphatic carbocycles. The quantitative estimate of drug-likeness (QED) is 0.362. The van der Waals surface area contributed by atoms with Crippen molar-refractivity contribution >= 4 is 45.7 Å². The maximum atomic E-state index is 14.6. The molecule has 0 aliphatic heterocycles. The first-order valence-electron chi connectivity index (χ1n) is 8.48. The van der Waals surface area contributed by atoms with Crippen molar-refractivity contribution in [2.45, 2.75) is 0 Å². The van der Waals surface area contributed by atoms with Crippen LogP contribution in [0.1, 0.15) is 0 Å². The molecule has 0 spiro atoms. The number of nitrogen functional groups attached to an aromatic ring is 1. The molecule has 0 radical (unpaired) electrons. The summed E-state index contributed by atoms with van der Waals surface area (Å²) in [5, 5.41) is 12.2. The number of anilines is 3. The molecule has 6 nitrogen and oxygen atoms in total. The Morgan fingerprint density at radius 1 is 1.03 bits per heavy atom. The minimum atomic E-state index is -0.694. The number of rotatable bonds is 3. The highest BCUT2D eigenvalue weighted by atomic mass is 35.5. The van der Waals surface area contributed by atoms with Crippen LogP contribution in [0.15, 0.2) is 54.6 Å². The molecule has 0 unspecified atom stereocenters. The minimum absolute atomic E-state index is 0.0215. The lowest BCUT2D eigenvalue weighted by Gasteiger charge is -2.11. The molecule has 3 aromatic carbocycles. The third-order valence-electron chi connectivity index (χ3n) is 4.32. The fourth-order valence-electron chi connectivity index (χ4n) is 2.98. The van der Waals surface area contributed by atoms with Crippen molar-refractivity contribution in [3.8, 4) is 11.1 Å². The van der Waals surface area contributed by atoms with Crippen LogP contribution in [-0.4, -0.2) is 16.2 Å². The summed E-state index contributed by atoms with van der Waals surface area (Å²) in [6, 6.07) is 12.9. The van der Waals surface area contributed by atoms with E-state index in [4.69, 9.17) is 17.3 Å². The highest BCUT2D eigenvalue weighted by Gasteiger charge is 2.13. The first kappa shape index (κ1) is 18.7. The Bertz CT molecular complexity index is 1240. The van der Waals surface area contributed by atoms with Crippen molar-refractivity contribution in [3.63, 3.8) is 0 Å². The van der Waals surface area contributed by atoms with E-state index < -0.39 is 17.7 Å². The van der Waals surface area contributed by atoms with E-state index in [9.17, 15) is 13.6 Å². The number of carbonyl (C=O) groups is 1. The highest BCUT2D eigenvalue weighted by molar-refractivity contribution is 6.31. The van der Waals surface area contributed by atoms with Crippen molar-refractivity contribution in [3.05, 3.63) is 71.3 Å². The van der Waals surface area contributed by atoms with Crippen LogP contribution in [0.5, 0.6) is 0 Å². The number of hydrogen-bond acceptors (Lipinski definition) is 3. The van der Waals surface area contributed by atoms with Gasteiger partial charge >= 0.3 is 6.03 Å². The minimum Gasteiger partial charge on any atom is -0.382 e. The van der Waals surface area contributed by atoms with Gasteiger partial charge in [0.25, 0.3) is 0 Å². The van der Waals surface area contributed by atoms with E-state index in [0.717, 1.165) is 11.6 Å². The van der Waals surface area contributed by atoms with Gasteiger partial charge in [0.15, 0.2) is 5.82 Å². The number of nitrogens with zero attached hydrogens (tertiary/aromatic N) is 1. The normalized spacial score (nSPS) is 10.9. The summed E-state index contributed by atoms with van der Waals surface area (Å²) in [6.07, 6.45) is 0. The van der Waals surface area contributed by atoms with Gasteiger partial charge in [-0.3, -0.25) is 5.10 Å². The number of hydrogen-bond donors (Lipinski definition) is 4. The molecule has 0 saturated heterocycles. The Morgan fingerprint density at radius 3 is 2.62 bits per heavy atom. The summed E-state index contributed by atoms with van der Waals surface area (Å²) in [6.45, 7) is 0. The Balaban J connectivity index is 1.56. The summed E-state index contributed by atoms with van der Waals surface area (Å²) in [7, 11) is 0. The Morgan fingerprint density at radius 2 is 1.86 bits per heavy atom.